The van der Waals surface area contributed by atoms with E-state index in [9.17, 15) is 8.78 Å². The minimum absolute atomic E-state index is 0.0195. The van der Waals surface area contributed by atoms with Gasteiger partial charge in [-0.05, 0) is 35.9 Å². The summed E-state index contributed by atoms with van der Waals surface area (Å²) in [6.07, 6.45) is 3.69. The Labute approximate surface area is 150 Å². The predicted molar refractivity (Wildman–Crippen MR) is 94.4 cm³/mol. The van der Waals surface area contributed by atoms with Gasteiger partial charge in [-0.3, -0.25) is 0 Å². The highest BCUT2D eigenvalue weighted by Gasteiger charge is 2.17. The fourth-order valence-corrected chi connectivity index (χ4v) is 3.15. The Morgan fingerprint density at radius 1 is 1.00 bits per heavy atom. The van der Waals surface area contributed by atoms with Gasteiger partial charge >= 0.3 is 0 Å². The van der Waals surface area contributed by atoms with Crippen molar-refractivity contribution in [2.45, 2.75) is 0 Å². The molecule has 8 heteroatoms. The molecule has 0 amide bonds. The highest BCUT2D eigenvalue weighted by atomic mass is 35.5. The van der Waals surface area contributed by atoms with Gasteiger partial charge in [0, 0.05) is 5.02 Å². The molecule has 0 saturated carbocycles. The molecule has 4 aromatic rings. The summed E-state index contributed by atoms with van der Waals surface area (Å²) in [6, 6.07) is 11.3. The number of aromatic nitrogens is 4. The van der Waals surface area contributed by atoms with Crippen LogP contribution in [0.25, 0.3) is 28.5 Å². The molecule has 0 saturated heterocycles. The number of hydrogen-bond donors (Lipinski definition) is 0. The van der Waals surface area contributed by atoms with E-state index in [1.807, 2.05) is 24.3 Å². The van der Waals surface area contributed by atoms with E-state index in [0.29, 0.717) is 15.0 Å². The van der Waals surface area contributed by atoms with Crippen molar-refractivity contribution in [3.63, 3.8) is 0 Å². The lowest BCUT2D eigenvalue weighted by Gasteiger charge is -1.99. The Bertz CT molecular complexity index is 1090. The maximum Gasteiger partial charge on any atom is 0.235 e. The van der Waals surface area contributed by atoms with E-state index in [4.69, 9.17) is 11.6 Å². The Morgan fingerprint density at radius 2 is 1.80 bits per heavy atom. The second-order valence-electron chi connectivity index (χ2n) is 5.14. The molecule has 0 spiro atoms. The van der Waals surface area contributed by atoms with Gasteiger partial charge in [0.1, 0.15) is 5.01 Å². The third-order valence-electron chi connectivity index (χ3n) is 3.49. The van der Waals surface area contributed by atoms with Crippen LogP contribution in [-0.4, -0.2) is 19.8 Å². The van der Waals surface area contributed by atoms with Crippen LogP contribution in [0.1, 0.15) is 10.6 Å². The van der Waals surface area contributed by atoms with Gasteiger partial charge in [0.2, 0.25) is 4.96 Å². The third kappa shape index (κ3) is 3.04. The molecule has 4 rings (SSSR count). The predicted octanol–water partition coefficient (Wildman–Crippen LogP) is 4.95. The summed E-state index contributed by atoms with van der Waals surface area (Å²) < 4.78 is 28.8. The number of rotatable bonds is 3. The first-order valence-electron chi connectivity index (χ1n) is 7.22. The number of hydrogen-bond acceptors (Lipinski definition) is 4. The van der Waals surface area contributed by atoms with E-state index < -0.39 is 11.6 Å². The van der Waals surface area contributed by atoms with E-state index in [1.165, 1.54) is 28.0 Å². The fraction of sp³-hybridized carbons (Fsp3) is 0. The first-order chi connectivity index (χ1) is 12.1. The Kier molecular flexibility index (Phi) is 4.03. The van der Waals surface area contributed by atoms with E-state index in [1.54, 1.807) is 12.1 Å². The minimum Gasteiger partial charge on any atom is -0.204 e. The van der Waals surface area contributed by atoms with E-state index in [2.05, 4.69) is 15.3 Å². The second-order valence-corrected chi connectivity index (χ2v) is 6.57. The van der Waals surface area contributed by atoms with Crippen molar-refractivity contribution in [3.05, 3.63) is 69.7 Å². The Morgan fingerprint density at radius 3 is 2.60 bits per heavy atom. The summed E-state index contributed by atoms with van der Waals surface area (Å²) >= 11 is 7.15. The van der Waals surface area contributed by atoms with Crippen LogP contribution in [0.3, 0.4) is 0 Å². The zero-order valence-corrected chi connectivity index (χ0v) is 14.1. The lowest BCUT2D eigenvalue weighted by atomic mass is 10.2. The maximum absolute atomic E-state index is 14.0. The number of halogens is 3. The fourth-order valence-electron chi connectivity index (χ4n) is 2.28. The topological polar surface area (TPSA) is 43.1 Å². The molecular weight excluding hydrogens is 366 g/mol. The summed E-state index contributed by atoms with van der Waals surface area (Å²) in [4.78, 5) is 0.495. The van der Waals surface area contributed by atoms with Gasteiger partial charge in [-0.25, -0.2) is 8.78 Å². The van der Waals surface area contributed by atoms with E-state index in [-0.39, 0.29) is 11.4 Å². The largest absolute Gasteiger partial charge is 0.235 e. The van der Waals surface area contributed by atoms with Crippen molar-refractivity contribution in [2.24, 2.45) is 0 Å². The normalized spacial score (nSPS) is 11.6. The summed E-state index contributed by atoms with van der Waals surface area (Å²) in [5, 5.41) is 13.6. The first-order valence-corrected chi connectivity index (χ1v) is 8.41. The molecule has 0 bridgehead atoms. The van der Waals surface area contributed by atoms with Crippen molar-refractivity contribution >= 4 is 40.1 Å². The zero-order chi connectivity index (χ0) is 17.4. The number of nitrogens with zero attached hydrogens (tertiary/aromatic N) is 4. The molecule has 0 aliphatic carbocycles. The van der Waals surface area contributed by atoms with Gasteiger partial charge in [-0.1, -0.05) is 47.2 Å². The van der Waals surface area contributed by atoms with Gasteiger partial charge in [0.15, 0.2) is 17.5 Å². The smallest absolute Gasteiger partial charge is 0.204 e. The second kappa shape index (κ2) is 6.34. The zero-order valence-electron chi connectivity index (χ0n) is 12.5. The van der Waals surface area contributed by atoms with Gasteiger partial charge in [-0.2, -0.15) is 9.61 Å². The number of benzene rings is 2. The van der Waals surface area contributed by atoms with Crippen molar-refractivity contribution < 1.29 is 8.78 Å². The minimum atomic E-state index is -0.969. The summed E-state index contributed by atoms with van der Waals surface area (Å²) in [5.74, 6) is -1.75. The van der Waals surface area contributed by atoms with E-state index in [0.717, 1.165) is 11.6 Å². The van der Waals surface area contributed by atoms with Crippen LogP contribution in [-0.2, 0) is 0 Å². The molecule has 0 radical (unpaired) electrons. The molecule has 0 N–H and O–H groups in total. The quantitative estimate of drug-likeness (QED) is 0.509. The molecule has 0 aliphatic rings. The molecule has 124 valence electrons. The van der Waals surface area contributed by atoms with Crippen molar-refractivity contribution in [1.29, 1.82) is 0 Å². The Balaban J connectivity index is 1.71. The van der Waals surface area contributed by atoms with Crippen LogP contribution in [0, 0.1) is 11.6 Å². The SMILES string of the molecule is Fc1cccc(-c2nnc3sc(C=Cc4ccc(Cl)cc4)nn23)c1F. The van der Waals surface area contributed by atoms with Crippen molar-refractivity contribution in [1.82, 2.24) is 19.8 Å². The molecule has 0 aliphatic heterocycles. The van der Waals surface area contributed by atoms with Crippen LogP contribution in [0.2, 0.25) is 5.02 Å². The van der Waals surface area contributed by atoms with Gasteiger partial charge < -0.3 is 0 Å². The van der Waals surface area contributed by atoms with Crippen LogP contribution in [0.4, 0.5) is 8.78 Å². The van der Waals surface area contributed by atoms with Crippen LogP contribution in [0.5, 0.6) is 0 Å². The average Bonchev–Trinajstić information content (AvgIpc) is 3.17. The summed E-state index contributed by atoms with van der Waals surface area (Å²) in [6.45, 7) is 0. The Hall–Kier alpha value is -2.64. The van der Waals surface area contributed by atoms with Crippen molar-refractivity contribution in [2.75, 3.05) is 0 Å². The molecule has 0 atom stereocenters. The highest BCUT2D eigenvalue weighted by molar-refractivity contribution is 7.17. The molecule has 2 aromatic carbocycles. The maximum atomic E-state index is 14.0. The lowest BCUT2D eigenvalue weighted by Crippen LogP contribution is -1.95. The molecular formula is C17H9ClF2N4S. The summed E-state index contributed by atoms with van der Waals surface area (Å²) in [5.41, 5.74) is 0.984. The summed E-state index contributed by atoms with van der Waals surface area (Å²) in [7, 11) is 0. The standard InChI is InChI=1S/C17H9ClF2N4S/c18-11-7-4-10(5-8-11)6-9-14-23-24-16(21-22-17(24)25-14)12-2-1-3-13(19)15(12)20/h1-9H. The van der Waals surface area contributed by atoms with Crippen LogP contribution < -0.4 is 0 Å². The first kappa shape index (κ1) is 15.9. The van der Waals surface area contributed by atoms with Crippen LogP contribution >= 0.6 is 22.9 Å². The molecule has 25 heavy (non-hydrogen) atoms. The lowest BCUT2D eigenvalue weighted by molar-refractivity contribution is 0.510. The van der Waals surface area contributed by atoms with Crippen molar-refractivity contribution in [3.8, 4) is 11.4 Å². The molecule has 2 heterocycles. The van der Waals surface area contributed by atoms with Gasteiger partial charge in [-0.15, -0.1) is 10.2 Å². The third-order valence-corrected chi connectivity index (χ3v) is 4.60. The highest BCUT2D eigenvalue weighted by Crippen LogP contribution is 2.25. The monoisotopic (exact) mass is 374 g/mol. The van der Waals surface area contributed by atoms with E-state index >= 15 is 0 Å². The molecule has 4 nitrogen and oxygen atoms in total. The molecule has 2 aromatic heterocycles. The van der Waals surface area contributed by atoms with Gasteiger partial charge in [0.05, 0.1) is 5.56 Å². The van der Waals surface area contributed by atoms with Gasteiger partial charge in [0.25, 0.3) is 0 Å². The number of fused-ring (bicyclic) bond motifs is 1. The molecule has 0 unspecified atom stereocenters. The molecule has 0 fully saturated rings. The van der Waals surface area contributed by atoms with Crippen LogP contribution in [0.15, 0.2) is 42.5 Å². The average molecular weight is 375 g/mol.